The molecule has 1 atom stereocenters. The van der Waals surface area contributed by atoms with Crippen molar-refractivity contribution < 1.29 is 19.0 Å². The predicted octanol–water partition coefficient (Wildman–Crippen LogP) is 6.56. The van der Waals surface area contributed by atoms with Crippen LogP contribution in [-0.4, -0.2) is 31.0 Å². The lowest BCUT2D eigenvalue weighted by atomic mass is 10.1. The molecule has 1 amide bonds. The maximum Gasteiger partial charge on any atom is 0.412 e. The second-order valence-corrected chi connectivity index (χ2v) is 9.04. The number of nitrogens with zero attached hydrogens (tertiary/aromatic N) is 1. The lowest BCUT2D eigenvalue weighted by Gasteiger charge is -2.15. The average Bonchev–Trinajstić information content (AvgIpc) is 3.69. The molecule has 1 saturated carbocycles. The van der Waals surface area contributed by atoms with Gasteiger partial charge in [-0.3, -0.25) is 5.32 Å². The van der Waals surface area contributed by atoms with Gasteiger partial charge in [0.15, 0.2) is 0 Å². The van der Waals surface area contributed by atoms with Crippen LogP contribution in [0.15, 0.2) is 72.8 Å². The zero-order valence-corrected chi connectivity index (χ0v) is 20.6. The van der Waals surface area contributed by atoms with Gasteiger partial charge in [0.05, 0.1) is 23.5 Å². The van der Waals surface area contributed by atoms with E-state index in [1.54, 1.807) is 7.11 Å². The zero-order chi connectivity index (χ0) is 25.1. The van der Waals surface area contributed by atoms with Crippen LogP contribution in [0.1, 0.15) is 37.5 Å². The number of hydrogen-bond acceptors (Lipinski definition) is 5. The quantitative estimate of drug-likeness (QED) is 0.262. The van der Waals surface area contributed by atoms with Crippen LogP contribution in [0.25, 0.3) is 22.2 Å². The number of nitrogen functional groups attached to an aromatic ring is 1. The van der Waals surface area contributed by atoms with Gasteiger partial charge in [-0.15, -0.1) is 0 Å². The second-order valence-electron chi connectivity index (χ2n) is 9.04. The summed E-state index contributed by atoms with van der Waals surface area (Å²) in [5, 5.41) is 3.83. The molecule has 1 fully saturated rings. The molecule has 186 valence electrons. The van der Waals surface area contributed by atoms with E-state index in [0.717, 1.165) is 52.0 Å². The van der Waals surface area contributed by atoms with Crippen LogP contribution in [0, 0.1) is 0 Å². The van der Waals surface area contributed by atoms with Crippen molar-refractivity contribution in [3.63, 3.8) is 0 Å². The smallest absolute Gasteiger partial charge is 0.412 e. The van der Waals surface area contributed by atoms with Crippen molar-refractivity contribution in [1.29, 1.82) is 0 Å². The van der Waals surface area contributed by atoms with E-state index < -0.39 is 6.09 Å². The number of aromatic nitrogens is 1. The summed E-state index contributed by atoms with van der Waals surface area (Å²) in [7, 11) is 1.66. The van der Waals surface area contributed by atoms with Gasteiger partial charge in [0.2, 0.25) is 0 Å². The third-order valence-electron chi connectivity index (χ3n) is 6.44. The van der Waals surface area contributed by atoms with Crippen LogP contribution >= 0.6 is 0 Å². The van der Waals surface area contributed by atoms with Gasteiger partial charge in [0, 0.05) is 35.9 Å². The largest absolute Gasteiger partial charge is 0.491 e. The van der Waals surface area contributed by atoms with Crippen molar-refractivity contribution in [3.8, 4) is 17.0 Å². The summed E-state index contributed by atoms with van der Waals surface area (Å²) < 4.78 is 18.8. The minimum atomic E-state index is -0.494. The fourth-order valence-electron chi connectivity index (χ4n) is 4.47. The Labute approximate surface area is 210 Å². The highest BCUT2D eigenvalue weighted by molar-refractivity contribution is 6.02. The summed E-state index contributed by atoms with van der Waals surface area (Å²) >= 11 is 0. The maximum atomic E-state index is 12.4. The highest BCUT2D eigenvalue weighted by Gasteiger charge is 2.30. The van der Waals surface area contributed by atoms with Gasteiger partial charge in [-0.05, 0) is 49.6 Å². The second kappa shape index (κ2) is 10.3. The summed E-state index contributed by atoms with van der Waals surface area (Å²) in [4.78, 5) is 12.4. The predicted molar refractivity (Wildman–Crippen MR) is 142 cm³/mol. The number of hydrogen-bond donors (Lipinski definition) is 2. The molecule has 7 nitrogen and oxygen atoms in total. The summed E-state index contributed by atoms with van der Waals surface area (Å²) in [5.74, 6) is 0.799. The number of ether oxygens (including phenoxy) is 3. The minimum absolute atomic E-state index is 0.345. The number of rotatable bonds is 9. The maximum absolute atomic E-state index is 12.4. The van der Waals surface area contributed by atoms with Gasteiger partial charge in [0.25, 0.3) is 0 Å². The number of methoxy groups -OCH3 is 1. The molecule has 0 saturated heterocycles. The van der Waals surface area contributed by atoms with E-state index in [2.05, 4.69) is 16.0 Å². The molecule has 1 unspecified atom stereocenters. The van der Waals surface area contributed by atoms with Crippen LogP contribution in [0.5, 0.6) is 5.75 Å². The topological polar surface area (TPSA) is 87.7 Å². The van der Waals surface area contributed by atoms with Crippen molar-refractivity contribution in [3.05, 3.63) is 78.4 Å². The first-order valence-corrected chi connectivity index (χ1v) is 12.2. The van der Waals surface area contributed by atoms with Gasteiger partial charge in [0.1, 0.15) is 18.5 Å². The lowest BCUT2D eigenvalue weighted by molar-refractivity contribution is 0.121. The molecule has 7 heteroatoms. The standard InChI is InChI=1S/C29H31N3O4/c1-19(20-6-4-3-5-7-20)36-29(33)31-22-10-8-21(9-11-22)28-27(30)25-15-14-24(35-17-16-34-2)18-26(25)32(28)23-12-13-23/h3-11,14-15,18-19,23H,12-13,16-17,30H2,1-2H3,(H,31,33). The highest BCUT2D eigenvalue weighted by Crippen LogP contribution is 2.46. The molecule has 36 heavy (non-hydrogen) atoms. The minimum Gasteiger partial charge on any atom is -0.491 e. The van der Waals surface area contributed by atoms with E-state index in [1.807, 2.05) is 73.7 Å². The summed E-state index contributed by atoms with van der Waals surface area (Å²) in [5.41, 5.74) is 12.1. The number of nitrogens with two attached hydrogens (primary N) is 1. The Morgan fingerprint density at radius 3 is 2.50 bits per heavy atom. The Balaban J connectivity index is 1.36. The van der Waals surface area contributed by atoms with Crippen LogP contribution in [0.4, 0.5) is 16.2 Å². The van der Waals surface area contributed by atoms with Crippen LogP contribution < -0.4 is 15.8 Å². The molecule has 0 spiro atoms. The Hall–Kier alpha value is -3.97. The summed E-state index contributed by atoms with van der Waals surface area (Å²) in [6, 6.07) is 23.8. The third-order valence-corrected chi connectivity index (χ3v) is 6.44. The fourth-order valence-corrected chi connectivity index (χ4v) is 4.47. The molecular weight excluding hydrogens is 454 g/mol. The lowest BCUT2D eigenvalue weighted by Crippen LogP contribution is -2.16. The Morgan fingerprint density at radius 2 is 1.81 bits per heavy atom. The first-order valence-electron chi connectivity index (χ1n) is 12.2. The number of anilines is 2. The number of nitrogens with one attached hydrogen (secondary N) is 1. The summed E-state index contributed by atoms with van der Waals surface area (Å²) in [6.07, 6.45) is 1.40. The van der Waals surface area contributed by atoms with Gasteiger partial charge in [-0.25, -0.2) is 4.79 Å². The SMILES string of the molecule is COCCOc1ccc2c(N)c(-c3ccc(NC(=O)OC(C)c4ccccc4)cc3)n(C3CC3)c2c1. The molecule has 1 aliphatic carbocycles. The van der Waals surface area contributed by atoms with Crippen LogP contribution in [0.3, 0.4) is 0 Å². The van der Waals surface area contributed by atoms with E-state index in [1.165, 1.54) is 0 Å². The molecule has 3 aromatic carbocycles. The molecule has 4 aromatic rings. The molecular formula is C29H31N3O4. The number of carbonyl (C=O) groups is 1. The Bertz CT molecular complexity index is 1340. The van der Waals surface area contributed by atoms with Gasteiger partial charge in [-0.1, -0.05) is 42.5 Å². The number of fused-ring (bicyclic) bond motifs is 1. The molecule has 1 aliphatic rings. The molecule has 0 radical (unpaired) electrons. The van der Waals surface area contributed by atoms with E-state index in [-0.39, 0.29) is 6.10 Å². The van der Waals surface area contributed by atoms with Crippen molar-refractivity contribution in [2.24, 2.45) is 0 Å². The van der Waals surface area contributed by atoms with Gasteiger partial charge >= 0.3 is 6.09 Å². The van der Waals surface area contributed by atoms with E-state index in [4.69, 9.17) is 19.9 Å². The molecule has 5 rings (SSSR count). The molecule has 0 aliphatic heterocycles. The monoisotopic (exact) mass is 485 g/mol. The average molecular weight is 486 g/mol. The number of carbonyl (C=O) groups excluding carboxylic acids is 1. The third kappa shape index (κ3) is 5.02. The Kier molecular flexibility index (Phi) is 6.82. The van der Waals surface area contributed by atoms with E-state index in [9.17, 15) is 4.79 Å². The fraction of sp³-hybridized carbons (Fsp3) is 0.276. The molecule has 1 aromatic heterocycles. The molecule has 1 heterocycles. The number of amides is 1. The van der Waals surface area contributed by atoms with Crippen molar-refractivity contribution in [1.82, 2.24) is 4.57 Å². The normalized spacial score (nSPS) is 13.9. The van der Waals surface area contributed by atoms with E-state index in [0.29, 0.717) is 24.9 Å². The summed E-state index contributed by atoms with van der Waals surface area (Å²) in [6.45, 7) is 2.88. The van der Waals surface area contributed by atoms with Crippen molar-refractivity contribution in [2.75, 3.05) is 31.4 Å². The molecule has 0 bridgehead atoms. The van der Waals surface area contributed by atoms with Crippen molar-refractivity contribution in [2.45, 2.75) is 31.9 Å². The Morgan fingerprint density at radius 1 is 1.06 bits per heavy atom. The van der Waals surface area contributed by atoms with Gasteiger partial charge < -0.3 is 24.5 Å². The van der Waals surface area contributed by atoms with Crippen LogP contribution in [0.2, 0.25) is 0 Å². The highest BCUT2D eigenvalue weighted by atomic mass is 16.6. The van der Waals surface area contributed by atoms with Crippen molar-refractivity contribution >= 4 is 28.4 Å². The van der Waals surface area contributed by atoms with Crippen LogP contribution in [-0.2, 0) is 9.47 Å². The first kappa shape index (κ1) is 23.8. The first-order chi connectivity index (χ1) is 17.5. The number of benzene rings is 3. The van der Waals surface area contributed by atoms with E-state index >= 15 is 0 Å². The van der Waals surface area contributed by atoms with Gasteiger partial charge in [-0.2, -0.15) is 0 Å². The molecule has 3 N–H and O–H groups in total. The zero-order valence-electron chi connectivity index (χ0n) is 20.6.